The number of fused-ring (bicyclic) bond motifs is 2. The number of anilines is 1. The van der Waals surface area contributed by atoms with Gasteiger partial charge in [-0.05, 0) is 44.2 Å². The minimum absolute atomic E-state index is 0.114. The molecule has 2 aliphatic rings. The first-order chi connectivity index (χ1) is 9.94. The first-order valence-corrected chi connectivity index (χ1v) is 7.33. The number of halogens is 3. The Labute approximate surface area is 121 Å². The van der Waals surface area contributed by atoms with Crippen LogP contribution in [0.25, 0.3) is 0 Å². The molecular formula is C15H19F3N2O. The number of para-hydroxylation sites is 2. The second kappa shape index (κ2) is 5.40. The predicted molar refractivity (Wildman–Crippen MR) is 74.2 cm³/mol. The highest BCUT2D eigenvalue weighted by atomic mass is 19.4. The van der Waals surface area contributed by atoms with E-state index < -0.39 is 6.36 Å². The van der Waals surface area contributed by atoms with Crippen LogP contribution >= 0.6 is 0 Å². The summed E-state index contributed by atoms with van der Waals surface area (Å²) in [6, 6.07) is 6.98. The Kier molecular flexibility index (Phi) is 3.73. The molecule has 0 radical (unpaired) electrons. The maximum absolute atomic E-state index is 12.6. The second-order valence-corrected chi connectivity index (χ2v) is 5.89. The Bertz CT molecular complexity index is 492. The van der Waals surface area contributed by atoms with Gasteiger partial charge in [-0.25, -0.2) is 0 Å². The summed E-state index contributed by atoms with van der Waals surface area (Å²) in [5.41, 5.74) is 6.61. The Hall–Kier alpha value is -1.43. The van der Waals surface area contributed by atoms with Crippen molar-refractivity contribution in [1.82, 2.24) is 0 Å². The lowest BCUT2D eigenvalue weighted by Gasteiger charge is -2.49. The second-order valence-electron chi connectivity index (χ2n) is 5.89. The maximum Gasteiger partial charge on any atom is 0.573 e. The molecule has 2 saturated heterocycles. The summed E-state index contributed by atoms with van der Waals surface area (Å²) >= 11 is 0. The zero-order valence-electron chi connectivity index (χ0n) is 11.6. The van der Waals surface area contributed by atoms with Crippen molar-refractivity contribution in [3.05, 3.63) is 24.3 Å². The molecule has 0 aromatic heterocycles. The van der Waals surface area contributed by atoms with Crippen molar-refractivity contribution in [2.24, 2.45) is 5.73 Å². The predicted octanol–water partition coefficient (Wildman–Crippen LogP) is 3.43. The van der Waals surface area contributed by atoms with Gasteiger partial charge in [-0.15, -0.1) is 13.2 Å². The van der Waals surface area contributed by atoms with Crippen molar-refractivity contribution < 1.29 is 17.9 Å². The summed E-state index contributed by atoms with van der Waals surface area (Å²) in [5, 5.41) is 0. The molecule has 2 fully saturated rings. The summed E-state index contributed by atoms with van der Waals surface area (Å²) in [6.45, 7) is 0. The number of ether oxygens (including phenoxy) is 1. The van der Waals surface area contributed by atoms with Crippen molar-refractivity contribution in [2.45, 2.75) is 56.6 Å². The average Bonchev–Trinajstić information content (AvgIpc) is 2.37. The molecule has 2 aliphatic heterocycles. The van der Waals surface area contributed by atoms with Crippen LogP contribution in [0.2, 0.25) is 0 Å². The van der Waals surface area contributed by atoms with E-state index >= 15 is 0 Å². The van der Waals surface area contributed by atoms with Crippen LogP contribution in [0.5, 0.6) is 5.75 Å². The molecule has 2 bridgehead atoms. The summed E-state index contributed by atoms with van der Waals surface area (Å²) in [4.78, 5) is 2.11. The lowest BCUT2D eigenvalue weighted by molar-refractivity contribution is -0.274. The molecule has 2 unspecified atom stereocenters. The van der Waals surface area contributed by atoms with Crippen molar-refractivity contribution in [2.75, 3.05) is 4.90 Å². The van der Waals surface area contributed by atoms with E-state index in [0.717, 1.165) is 32.1 Å². The molecule has 2 N–H and O–H groups in total. The van der Waals surface area contributed by atoms with Crippen LogP contribution in [0.4, 0.5) is 18.9 Å². The van der Waals surface area contributed by atoms with Gasteiger partial charge in [-0.2, -0.15) is 0 Å². The fourth-order valence-electron chi connectivity index (χ4n) is 3.70. The van der Waals surface area contributed by atoms with E-state index in [4.69, 9.17) is 5.73 Å². The van der Waals surface area contributed by atoms with Crippen LogP contribution in [0.15, 0.2) is 24.3 Å². The number of hydrogen-bond acceptors (Lipinski definition) is 3. The number of piperidine rings is 2. The van der Waals surface area contributed by atoms with Crippen LogP contribution in [-0.2, 0) is 0 Å². The largest absolute Gasteiger partial charge is 0.573 e. The highest BCUT2D eigenvalue weighted by molar-refractivity contribution is 5.60. The van der Waals surface area contributed by atoms with Gasteiger partial charge in [0.25, 0.3) is 0 Å². The van der Waals surface area contributed by atoms with Gasteiger partial charge in [0.2, 0.25) is 0 Å². The van der Waals surface area contributed by atoms with E-state index in [1.165, 1.54) is 6.07 Å². The summed E-state index contributed by atoms with van der Waals surface area (Å²) < 4.78 is 41.9. The molecule has 0 amide bonds. The SMILES string of the molecule is NC1CC2CCCC(C1)N2c1ccccc1OC(F)(F)F. The first-order valence-electron chi connectivity index (χ1n) is 7.33. The Morgan fingerprint density at radius 3 is 2.33 bits per heavy atom. The summed E-state index contributed by atoms with van der Waals surface area (Å²) in [5.74, 6) is -0.114. The minimum atomic E-state index is -4.67. The zero-order chi connectivity index (χ0) is 15.0. The highest BCUT2D eigenvalue weighted by Crippen LogP contribution is 2.42. The first kappa shape index (κ1) is 14.5. The third-order valence-electron chi connectivity index (χ3n) is 4.38. The summed E-state index contributed by atoms with van der Waals surface area (Å²) in [6.07, 6.45) is 0.0566. The molecule has 2 atom stereocenters. The minimum Gasteiger partial charge on any atom is -0.404 e. The highest BCUT2D eigenvalue weighted by Gasteiger charge is 2.39. The van der Waals surface area contributed by atoms with Gasteiger partial charge < -0.3 is 15.4 Å². The lowest BCUT2D eigenvalue weighted by atomic mass is 9.81. The monoisotopic (exact) mass is 300 g/mol. The number of hydrogen-bond donors (Lipinski definition) is 1. The van der Waals surface area contributed by atoms with Crippen molar-refractivity contribution in [3.63, 3.8) is 0 Å². The lowest BCUT2D eigenvalue weighted by Crippen LogP contribution is -2.55. The van der Waals surface area contributed by atoms with Crippen molar-refractivity contribution in [3.8, 4) is 5.75 Å². The molecule has 1 aromatic rings. The van der Waals surface area contributed by atoms with Crippen molar-refractivity contribution in [1.29, 1.82) is 0 Å². The number of benzene rings is 1. The molecule has 6 heteroatoms. The third-order valence-corrected chi connectivity index (χ3v) is 4.38. The normalized spacial score (nSPS) is 29.3. The van der Waals surface area contributed by atoms with Crippen LogP contribution in [0.3, 0.4) is 0 Å². The van der Waals surface area contributed by atoms with E-state index in [9.17, 15) is 13.2 Å². The van der Waals surface area contributed by atoms with Gasteiger partial charge in [0.05, 0.1) is 5.69 Å². The molecule has 0 spiro atoms. The maximum atomic E-state index is 12.6. The van der Waals surface area contributed by atoms with Gasteiger partial charge in [0.15, 0.2) is 5.75 Å². The zero-order valence-corrected chi connectivity index (χ0v) is 11.6. The number of alkyl halides is 3. The Morgan fingerprint density at radius 2 is 1.71 bits per heavy atom. The van der Waals surface area contributed by atoms with Crippen molar-refractivity contribution >= 4 is 5.69 Å². The van der Waals surface area contributed by atoms with Gasteiger partial charge in [0.1, 0.15) is 0 Å². The summed E-state index contributed by atoms with van der Waals surface area (Å²) in [7, 11) is 0. The van der Waals surface area contributed by atoms with Crippen LogP contribution in [-0.4, -0.2) is 24.5 Å². The van der Waals surface area contributed by atoms with Crippen LogP contribution in [0, 0.1) is 0 Å². The fourth-order valence-corrected chi connectivity index (χ4v) is 3.70. The Morgan fingerprint density at radius 1 is 1.10 bits per heavy atom. The molecule has 0 saturated carbocycles. The molecule has 116 valence electrons. The van der Waals surface area contributed by atoms with Gasteiger partial charge >= 0.3 is 6.36 Å². The molecule has 3 rings (SSSR count). The topological polar surface area (TPSA) is 38.5 Å². The van der Waals surface area contributed by atoms with E-state index in [-0.39, 0.29) is 23.9 Å². The number of nitrogens with zero attached hydrogens (tertiary/aromatic N) is 1. The van der Waals surface area contributed by atoms with E-state index in [1.807, 2.05) is 0 Å². The molecule has 21 heavy (non-hydrogen) atoms. The van der Waals surface area contributed by atoms with Gasteiger partial charge in [-0.3, -0.25) is 0 Å². The fraction of sp³-hybridized carbons (Fsp3) is 0.600. The molecule has 0 aliphatic carbocycles. The Balaban J connectivity index is 1.93. The van der Waals surface area contributed by atoms with Gasteiger partial charge in [-0.1, -0.05) is 12.1 Å². The standard InChI is InChI=1S/C15H19F3N2O/c16-15(17,18)21-14-7-2-1-6-13(14)20-11-4-3-5-12(20)9-10(19)8-11/h1-2,6-7,10-12H,3-5,8-9,19H2. The van der Waals surface area contributed by atoms with E-state index in [1.54, 1.807) is 18.2 Å². The third kappa shape index (κ3) is 3.10. The van der Waals surface area contributed by atoms with E-state index in [0.29, 0.717) is 5.69 Å². The van der Waals surface area contributed by atoms with E-state index in [2.05, 4.69) is 9.64 Å². The van der Waals surface area contributed by atoms with Crippen LogP contribution < -0.4 is 15.4 Å². The van der Waals surface area contributed by atoms with Gasteiger partial charge in [0, 0.05) is 18.1 Å². The smallest absolute Gasteiger partial charge is 0.404 e. The molecule has 3 nitrogen and oxygen atoms in total. The molecule has 2 heterocycles. The quantitative estimate of drug-likeness (QED) is 0.909. The molecule has 1 aromatic carbocycles. The molecular weight excluding hydrogens is 281 g/mol. The number of nitrogens with two attached hydrogens (primary N) is 1. The number of rotatable bonds is 2. The average molecular weight is 300 g/mol. The van der Waals surface area contributed by atoms with Crippen LogP contribution in [0.1, 0.15) is 32.1 Å².